The summed E-state index contributed by atoms with van der Waals surface area (Å²) in [4.78, 5) is 16.4. The van der Waals surface area contributed by atoms with Crippen LogP contribution < -0.4 is 10.1 Å². The van der Waals surface area contributed by atoms with E-state index in [4.69, 9.17) is 16.3 Å². The van der Waals surface area contributed by atoms with Crippen LogP contribution >= 0.6 is 27.5 Å². The van der Waals surface area contributed by atoms with Gasteiger partial charge in [-0.25, -0.2) is 0 Å². The SMILES string of the molecule is O=C(Nc1ccccc1Oc1ccccc1Cl)c1cncc(Br)c1. The van der Waals surface area contributed by atoms with Crippen LogP contribution in [-0.2, 0) is 0 Å². The van der Waals surface area contributed by atoms with E-state index in [1.54, 1.807) is 36.5 Å². The van der Waals surface area contributed by atoms with Crippen LogP contribution in [0.1, 0.15) is 10.4 Å². The van der Waals surface area contributed by atoms with Crippen LogP contribution in [0.2, 0.25) is 5.02 Å². The predicted octanol–water partition coefficient (Wildman–Crippen LogP) is 5.54. The van der Waals surface area contributed by atoms with Crippen LogP contribution in [0, 0.1) is 0 Å². The minimum Gasteiger partial charge on any atom is -0.454 e. The van der Waals surface area contributed by atoms with Gasteiger partial charge in [-0.1, -0.05) is 35.9 Å². The molecule has 0 aliphatic heterocycles. The largest absolute Gasteiger partial charge is 0.454 e. The molecular formula is C18H12BrClN2O2. The van der Waals surface area contributed by atoms with Crippen LogP contribution in [0.15, 0.2) is 71.5 Å². The van der Waals surface area contributed by atoms with Gasteiger partial charge in [-0.3, -0.25) is 9.78 Å². The van der Waals surface area contributed by atoms with E-state index in [1.807, 2.05) is 24.3 Å². The molecule has 3 aromatic rings. The molecule has 120 valence electrons. The number of pyridine rings is 1. The minimum absolute atomic E-state index is 0.279. The average Bonchev–Trinajstić information content (AvgIpc) is 2.58. The van der Waals surface area contributed by atoms with Crippen molar-refractivity contribution in [1.29, 1.82) is 0 Å². The normalized spacial score (nSPS) is 10.2. The van der Waals surface area contributed by atoms with Crippen molar-refractivity contribution in [2.24, 2.45) is 0 Å². The first-order valence-electron chi connectivity index (χ1n) is 7.07. The maximum Gasteiger partial charge on any atom is 0.257 e. The number of ether oxygens (including phenoxy) is 1. The molecule has 0 saturated heterocycles. The molecule has 0 saturated carbocycles. The molecule has 0 fully saturated rings. The molecule has 0 atom stereocenters. The third-order valence-electron chi connectivity index (χ3n) is 3.16. The smallest absolute Gasteiger partial charge is 0.257 e. The molecule has 0 bridgehead atoms. The molecule has 1 heterocycles. The Hall–Kier alpha value is -2.37. The molecule has 6 heteroatoms. The Morgan fingerprint density at radius 1 is 1.04 bits per heavy atom. The fourth-order valence-corrected chi connectivity index (χ4v) is 2.57. The topological polar surface area (TPSA) is 51.2 Å². The maximum atomic E-state index is 12.4. The Kier molecular flexibility index (Phi) is 5.13. The summed E-state index contributed by atoms with van der Waals surface area (Å²) >= 11 is 9.42. The highest BCUT2D eigenvalue weighted by atomic mass is 79.9. The Bertz CT molecular complexity index is 886. The summed E-state index contributed by atoms with van der Waals surface area (Å²) in [7, 11) is 0. The van der Waals surface area contributed by atoms with Crippen molar-refractivity contribution in [3.63, 3.8) is 0 Å². The highest BCUT2D eigenvalue weighted by molar-refractivity contribution is 9.10. The van der Waals surface area contributed by atoms with E-state index in [-0.39, 0.29) is 5.91 Å². The number of aromatic nitrogens is 1. The summed E-state index contributed by atoms with van der Waals surface area (Å²) in [6.45, 7) is 0. The number of benzene rings is 2. The first kappa shape index (κ1) is 16.5. The lowest BCUT2D eigenvalue weighted by Crippen LogP contribution is -2.12. The number of hydrogen-bond donors (Lipinski definition) is 1. The molecule has 2 aromatic carbocycles. The third-order valence-corrected chi connectivity index (χ3v) is 3.90. The van der Waals surface area contributed by atoms with Crippen LogP contribution in [-0.4, -0.2) is 10.9 Å². The number of halogens is 2. The summed E-state index contributed by atoms with van der Waals surface area (Å²) in [6, 6.07) is 16.0. The molecule has 0 spiro atoms. The van der Waals surface area contributed by atoms with Gasteiger partial charge >= 0.3 is 0 Å². The molecule has 0 radical (unpaired) electrons. The second-order valence-electron chi connectivity index (χ2n) is 4.87. The van der Waals surface area contributed by atoms with Crippen molar-refractivity contribution in [2.75, 3.05) is 5.32 Å². The number of para-hydroxylation sites is 3. The van der Waals surface area contributed by atoms with Crippen molar-refractivity contribution in [2.45, 2.75) is 0 Å². The molecule has 1 amide bonds. The molecule has 0 aliphatic rings. The summed E-state index contributed by atoms with van der Waals surface area (Å²) in [5, 5.41) is 3.32. The number of amides is 1. The third kappa shape index (κ3) is 3.93. The lowest BCUT2D eigenvalue weighted by Gasteiger charge is -2.13. The molecule has 3 rings (SSSR count). The predicted molar refractivity (Wildman–Crippen MR) is 97.9 cm³/mol. The Labute approximate surface area is 152 Å². The average molecular weight is 404 g/mol. The van der Waals surface area contributed by atoms with E-state index in [9.17, 15) is 4.79 Å². The van der Waals surface area contributed by atoms with E-state index < -0.39 is 0 Å². The molecule has 0 unspecified atom stereocenters. The molecular weight excluding hydrogens is 392 g/mol. The molecule has 1 N–H and O–H groups in total. The lowest BCUT2D eigenvalue weighted by atomic mass is 10.2. The first-order valence-corrected chi connectivity index (χ1v) is 8.24. The number of nitrogens with one attached hydrogen (secondary N) is 1. The van der Waals surface area contributed by atoms with Gasteiger partial charge in [-0.2, -0.15) is 0 Å². The van der Waals surface area contributed by atoms with E-state index >= 15 is 0 Å². The molecule has 1 aromatic heterocycles. The van der Waals surface area contributed by atoms with Crippen molar-refractivity contribution in [3.05, 3.63) is 82.0 Å². The summed E-state index contributed by atoms with van der Waals surface area (Å²) in [6.07, 6.45) is 3.11. The van der Waals surface area contributed by atoms with E-state index in [2.05, 4.69) is 26.2 Å². The van der Waals surface area contributed by atoms with Crippen molar-refractivity contribution in [3.8, 4) is 11.5 Å². The monoisotopic (exact) mass is 402 g/mol. The van der Waals surface area contributed by atoms with Gasteiger partial charge in [-0.15, -0.1) is 0 Å². The lowest BCUT2D eigenvalue weighted by molar-refractivity contribution is 0.102. The second kappa shape index (κ2) is 7.47. The molecule has 24 heavy (non-hydrogen) atoms. The number of carbonyl (C=O) groups excluding carboxylic acids is 1. The summed E-state index contributed by atoms with van der Waals surface area (Å²) in [5.74, 6) is 0.742. The molecule has 0 aliphatic carbocycles. The van der Waals surface area contributed by atoms with Crippen molar-refractivity contribution < 1.29 is 9.53 Å². The van der Waals surface area contributed by atoms with Gasteiger partial charge in [0.2, 0.25) is 0 Å². The van der Waals surface area contributed by atoms with Gasteiger partial charge in [0.15, 0.2) is 5.75 Å². The van der Waals surface area contributed by atoms with E-state index in [1.165, 1.54) is 6.20 Å². The molecule has 4 nitrogen and oxygen atoms in total. The van der Waals surface area contributed by atoms with Gasteiger partial charge in [-0.05, 0) is 46.3 Å². The number of nitrogens with zero attached hydrogens (tertiary/aromatic N) is 1. The standard InChI is InChI=1S/C18H12BrClN2O2/c19-13-9-12(10-21-11-13)18(23)22-15-6-2-4-8-17(15)24-16-7-3-1-5-14(16)20/h1-11H,(H,22,23). The number of rotatable bonds is 4. The quantitative estimate of drug-likeness (QED) is 0.622. The number of carbonyl (C=O) groups is 1. The Morgan fingerprint density at radius 3 is 2.50 bits per heavy atom. The van der Waals surface area contributed by atoms with Gasteiger partial charge < -0.3 is 10.1 Å². The highest BCUT2D eigenvalue weighted by Crippen LogP contribution is 2.33. The van der Waals surface area contributed by atoms with Gasteiger partial charge in [0.25, 0.3) is 5.91 Å². The van der Waals surface area contributed by atoms with Crippen LogP contribution in [0.3, 0.4) is 0 Å². The van der Waals surface area contributed by atoms with Crippen LogP contribution in [0.5, 0.6) is 11.5 Å². The minimum atomic E-state index is -0.279. The first-order chi connectivity index (χ1) is 11.6. The fourth-order valence-electron chi connectivity index (χ4n) is 2.04. The van der Waals surface area contributed by atoms with Crippen molar-refractivity contribution in [1.82, 2.24) is 4.98 Å². The number of anilines is 1. The maximum absolute atomic E-state index is 12.4. The summed E-state index contributed by atoms with van der Waals surface area (Å²) < 4.78 is 6.56. The van der Waals surface area contributed by atoms with E-state index in [0.29, 0.717) is 27.8 Å². The zero-order valence-electron chi connectivity index (χ0n) is 12.4. The Morgan fingerprint density at radius 2 is 1.75 bits per heavy atom. The zero-order chi connectivity index (χ0) is 16.9. The van der Waals surface area contributed by atoms with E-state index in [0.717, 1.165) is 4.47 Å². The highest BCUT2D eigenvalue weighted by Gasteiger charge is 2.12. The van der Waals surface area contributed by atoms with Crippen LogP contribution in [0.25, 0.3) is 0 Å². The van der Waals surface area contributed by atoms with Gasteiger partial charge in [0, 0.05) is 16.9 Å². The van der Waals surface area contributed by atoms with Gasteiger partial charge in [0.1, 0.15) is 5.75 Å². The fraction of sp³-hybridized carbons (Fsp3) is 0. The zero-order valence-corrected chi connectivity index (χ0v) is 14.7. The number of hydrogen-bond acceptors (Lipinski definition) is 3. The van der Waals surface area contributed by atoms with Gasteiger partial charge in [0.05, 0.1) is 16.3 Å². The van der Waals surface area contributed by atoms with Crippen molar-refractivity contribution >= 4 is 39.1 Å². The second-order valence-corrected chi connectivity index (χ2v) is 6.20. The van der Waals surface area contributed by atoms with Crippen LogP contribution in [0.4, 0.5) is 5.69 Å². The Balaban J connectivity index is 1.84. The summed E-state index contributed by atoms with van der Waals surface area (Å²) in [5.41, 5.74) is 0.985.